The first-order chi connectivity index (χ1) is 10.1. The molecule has 0 bridgehead atoms. The molecule has 2 aromatic carbocycles. The Balaban J connectivity index is 1.89. The molecule has 0 spiro atoms. The molecule has 0 unspecified atom stereocenters. The van der Waals surface area contributed by atoms with Gasteiger partial charge in [0, 0.05) is 11.3 Å². The summed E-state index contributed by atoms with van der Waals surface area (Å²) < 4.78 is 0. The Morgan fingerprint density at radius 2 is 1.81 bits per heavy atom. The summed E-state index contributed by atoms with van der Waals surface area (Å²) in [7, 11) is 0. The maximum Gasteiger partial charge on any atom is 0.181 e. The van der Waals surface area contributed by atoms with Crippen molar-refractivity contribution in [3.8, 4) is 0 Å². The predicted molar refractivity (Wildman–Crippen MR) is 90.9 cm³/mol. The zero-order valence-electron chi connectivity index (χ0n) is 12.1. The van der Waals surface area contributed by atoms with Crippen molar-refractivity contribution in [1.29, 1.82) is 0 Å². The average Bonchev–Trinajstić information content (AvgIpc) is 2.48. The number of carbonyl (C=O) groups is 1. The lowest BCUT2D eigenvalue weighted by Crippen LogP contribution is -2.33. The van der Waals surface area contributed by atoms with Crippen molar-refractivity contribution in [1.82, 2.24) is 5.32 Å². The van der Waals surface area contributed by atoms with Crippen LogP contribution < -0.4 is 10.6 Å². The predicted octanol–water partition coefficient (Wildman–Crippen LogP) is 3.47. The van der Waals surface area contributed by atoms with Gasteiger partial charge >= 0.3 is 0 Å². The number of nitrogens with one attached hydrogen (secondary N) is 2. The molecule has 0 aliphatic carbocycles. The number of hydrogen-bond acceptors (Lipinski definition) is 2. The summed E-state index contributed by atoms with van der Waals surface area (Å²) in [5.74, 6) is 0.0142. The topological polar surface area (TPSA) is 41.1 Å². The highest BCUT2D eigenvalue weighted by Gasteiger charge is 2.06. The number of ketones is 1. The van der Waals surface area contributed by atoms with Gasteiger partial charge in [0.25, 0.3) is 0 Å². The van der Waals surface area contributed by atoms with E-state index in [9.17, 15) is 4.79 Å². The van der Waals surface area contributed by atoms with E-state index in [0.717, 1.165) is 11.3 Å². The molecule has 2 N–H and O–H groups in total. The van der Waals surface area contributed by atoms with Crippen molar-refractivity contribution < 1.29 is 4.79 Å². The minimum Gasteiger partial charge on any atom is -0.355 e. The van der Waals surface area contributed by atoms with Crippen LogP contribution in [0, 0.1) is 13.8 Å². The first kappa shape index (κ1) is 15.2. The van der Waals surface area contributed by atoms with Gasteiger partial charge in [-0.05, 0) is 37.7 Å². The van der Waals surface area contributed by atoms with Crippen LogP contribution >= 0.6 is 12.2 Å². The summed E-state index contributed by atoms with van der Waals surface area (Å²) in [6, 6.07) is 15.3. The highest BCUT2D eigenvalue weighted by Crippen LogP contribution is 2.15. The summed E-state index contributed by atoms with van der Waals surface area (Å²) in [5, 5.41) is 6.50. The number of aryl methyl sites for hydroxylation is 2. The largest absolute Gasteiger partial charge is 0.355 e. The molecular weight excluding hydrogens is 280 g/mol. The van der Waals surface area contributed by atoms with Crippen LogP contribution in [-0.4, -0.2) is 17.4 Å². The first-order valence-corrected chi connectivity index (χ1v) is 7.17. The SMILES string of the molecule is Cc1ccc(NC(=S)NCC(=O)c2ccccc2)c(C)c1. The van der Waals surface area contributed by atoms with Gasteiger partial charge in [0.1, 0.15) is 0 Å². The van der Waals surface area contributed by atoms with E-state index in [4.69, 9.17) is 12.2 Å². The van der Waals surface area contributed by atoms with Gasteiger partial charge in [-0.1, -0.05) is 48.0 Å². The maximum absolute atomic E-state index is 12.0. The number of anilines is 1. The van der Waals surface area contributed by atoms with Crippen molar-refractivity contribution in [2.24, 2.45) is 0 Å². The van der Waals surface area contributed by atoms with E-state index in [0.29, 0.717) is 10.7 Å². The molecule has 21 heavy (non-hydrogen) atoms. The van der Waals surface area contributed by atoms with Gasteiger partial charge in [-0.3, -0.25) is 4.79 Å². The molecule has 0 fully saturated rings. The third kappa shape index (κ3) is 4.39. The molecule has 0 heterocycles. The minimum absolute atomic E-state index is 0.0142. The highest BCUT2D eigenvalue weighted by molar-refractivity contribution is 7.80. The molecule has 0 saturated heterocycles. The second-order valence-corrected chi connectivity index (χ2v) is 5.32. The number of thiocarbonyl (C=S) groups is 1. The molecule has 0 radical (unpaired) electrons. The fourth-order valence-electron chi connectivity index (χ4n) is 2.01. The number of Topliss-reactive ketones (excluding diaryl/α,β-unsaturated/α-hetero) is 1. The Morgan fingerprint density at radius 1 is 1.10 bits per heavy atom. The van der Waals surface area contributed by atoms with E-state index in [1.807, 2.05) is 44.2 Å². The molecule has 0 aliphatic heterocycles. The zero-order valence-corrected chi connectivity index (χ0v) is 13.0. The maximum atomic E-state index is 12.0. The fraction of sp³-hybridized carbons (Fsp3) is 0.176. The van der Waals surface area contributed by atoms with E-state index in [-0.39, 0.29) is 12.3 Å². The highest BCUT2D eigenvalue weighted by atomic mass is 32.1. The summed E-state index contributed by atoms with van der Waals surface area (Å²) in [5.41, 5.74) is 3.95. The van der Waals surface area contributed by atoms with Gasteiger partial charge in [-0.25, -0.2) is 0 Å². The van der Waals surface area contributed by atoms with Gasteiger partial charge < -0.3 is 10.6 Å². The van der Waals surface area contributed by atoms with Gasteiger partial charge in [0.2, 0.25) is 0 Å². The van der Waals surface area contributed by atoms with Crippen molar-refractivity contribution >= 4 is 28.8 Å². The van der Waals surface area contributed by atoms with Crippen LogP contribution in [0.5, 0.6) is 0 Å². The molecule has 0 aromatic heterocycles. The number of hydrogen-bond donors (Lipinski definition) is 2. The van der Waals surface area contributed by atoms with E-state index < -0.39 is 0 Å². The number of rotatable bonds is 4. The molecule has 0 aliphatic rings. The second-order valence-electron chi connectivity index (χ2n) is 4.92. The molecule has 0 amide bonds. The van der Waals surface area contributed by atoms with Crippen molar-refractivity contribution in [3.05, 3.63) is 65.2 Å². The van der Waals surface area contributed by atoms with E-state index in [2.05, 4.69) is 16.7 Å². The van der Waals surface area contributed by atoms with Gasteiger partial charge in [-0.2, -0.15) is 0 Å². The smallest absolute Gasteiger partial charge is 0.181 e. The molecular formula is C17H18N2OS. The Labute approximate surface area is 130 Å². The molecule has 4 heteroatoms. The summed E-state index contributed by atoms with van der Waals surface area (Å²) >= 11 is 5.22. The standard InChI is InChI=1S/C17H18N2OS/c1-12-8-9-15(13(2)10-12)19-17(21)18-11-16(20)14-6-4-3-5-7-14/h3-10H,11H2,1-2H3,(H2,18,19,21). The van der Waals surface area contributed by atoms with Crippen LogP contribution in [0.4, 0.5) is 5.69 Å². The molecule has 0 saturated carbocycles. The van der Waals surface area contributed by atoms with Crippen LogP contribution in [0.3, 0.4) is 0 Å². The van der Waals surface area contributed by atoms with Crippen molar-refractivity contribution in [2.45, 2.75) is 13.8 Å². The van der Waals surface area contributed by atoms with E-state index >= 15 is 0 Å². The summed E-state index contributed by atoms with van der Waals surface area (Å²) in [6.45, 7) is 4.25. The lowest BCUT2D eigenvalue weighted by atomic mass is 10.1. The number of carbonyl (C=O) groups excluding carboxylic acids is 1. The molecule has 3 nitrogen and oxygen atoms in total. The second kappa shape index (κ2) is 6.99. The monoisotopic (exact) mass is 298 g/mol. The van der Waals surface area contributed by atoms with Crippen LogP contribution in [0.1, 0.15) is 21.5 Å². The zero-order chi connectivity index (χ0) is 15.2. The lowest BCUT2D eigenvalue weighted by Gasteiger charge is -2.12. The van der Waals surface area contributed by atoms with Gasteiger partial charge in [0.05, 0.1) is 6.54 Å². The normalized spacial score (nSPS) is 10.0. The van der Waals surface area contributed by atoms with Crippen LogP contribution in [-0.2, 0) is 0 Å². The fourth-order valence-corrected chi connectivity index (χ4v) is 2.19. The van der Waals surface area contributed by atoms with E-state index in [1.165, 1.54) is 5.56 Å². The Bertz CT molecular complexity index is 653. The molecule has 0 atom stereocenters. The third-order valence-electron chi connectivity index (χ3n) is 3.14. The quantitative estimate of drug-likeness (QED) is 0.670. The van der Waals surface area contributed by atoms with Crippen LogP contribution in [0.25, 0.3) is 0 Å². The van der Waals surface area contributed by atoms with Crippen LogP contribution in [0.2, 0.25) is 0 Å². The lowest BCUT2D eigenvalue weighted by molar-refractivity contribution is 0.0996. The van der Waals surface area contributed by atoms with Crippen molar-refractivity contribution in [2.75, 3.05) is 11.9 Å². The van der Waals surface area contributed by atoms with Gasteiger partial charge in [-0.15, -0.1) is 0 Å². The minimum atomic E-state index is 0.0142. The average molecular weight is 298 g/mol. The summed E-state index contributed by atoms with van der Waals surface area (Å²) in [6.07, 6.45) is 0. The Kier molecular flexibility index (Phi) is 5.06. The molecule has 108 valence electrons. The van der Waals surface area contributed by atoms with Crippen molar-refractivity contribution in [3.63, 3.8) is 0 Å². The molecule has 2 aromatic rings. The van der Waals surface area contributed by atoms with E-state index in [1.54, 1.807) is 12.1 Å². The Morgan fingerprint density at radius 3 is 2.48 bits per heavy atom. The Hall–Kier alpha value is -2.20. The first-order valence-electron chi connectivity index (χ1n) is 6.76. The molecule has 2 rings (SSSR count). The van der Waals surface area contributed by atoms with Gasteiger partial charge in [0.15, 0.2) is 10.9 Å². The van der Waals surface area contributed by atoms with Crippen LogP contribution in [0.15, 0.2) is 48.5 Å². The number of benzene rings is 2. The summed E-state index contributed by atoms with van der Waals surface area (Å²) in [4.78, 5) is 12.0. The third-order valence-corrected chi connectivity index (χ3v) is 3.38.